The van der Waals surface area contributed by atoms with Crippen molar-refractivity contribution in [2.24, 2.45) is 17.8 Å². The van der Waals surface area contributed by atoms with Gasteiger partial charge in [-0.25, -0.2) is 0 Å². The fourth-order valence-corrected chi connectivity index (χ4v) is 6.89. The summed E-state index contributed by atoms with van der Waals surface area (Å²) < 4.78 is 12.2. The van der Waals surface area contributed by atoms with E-state index in [2.05, 4.69) is 17.6 Å². The summed E-state index contributed by atoms with van der Waals surface area (Å²) in [6.07, 6.45) is 3.86. The van der Waals surface area contributed by atoms with Gasteiger partial charge in [-0.1, -0.05) is 33.6 Å². The minimum absolute atomic E-state index is 0.0489. The number of carbonyl (C=O) groups is 3. The summed E-state index contributed by atoms with van der Waals surface area (Å²) in [5, 5.41) is 16.2. The molecule has 1 aromatic rings. The van der Waals surface area contributed by atoms with Gasteiger partial charge in [0.2, 0.25) is 17.7 Å². The lowest BCUT2D eigenvalue weighted by atomic mass is 9.62. The second kappa shape index (κ2) is 11.2. The van der Waals surface area contributed by atoms with Gasteiger partial charge in [-0.05, 0) is 63.3 Å². The number of aliphatic hydroxyl groups excluding tert-OH is 1. The van der Waals surface area contributed by atoms with Crippen LogP contribution in [0.2, 0.25) is 0 Å². The highest BCUT2D eigenvalue weighted by atomic mass is 16.5. The van der Waals surface area contributed by atoms with Crippen LogP contribution in [-0.4, -0.2) is 70.8 Å². The summed E-state index contributed by atoms with van der Waals surface area (Å²) in [6.45, 7) is 10.6. The van der Waals surface area contributed by atoms with Gasteiger partial charge in [0.25, 0.3) is 0 Å². The van der Waals surface area contributed by atoms with Crippen LogP contribution >= 0.6 is 0 Å². The SMILES string of the molecule is CCCCCNC(=O)C1N([C@@H](CC)CO)C(=O)[C@@H]2[C@H](C(=O)Nc3ccc(OCC)cc3)[C@@]3(C)OC12CC3C. The first-order valence-electron chi connectivity index (χ1n) is 14.1. The standard InChI is InChI=1S/C29H43N3O6/c1-6-9-10-15-30-26(35)24-29-16-18(4)28(5,38-29)22(23(29)27(36)32(24)20(7-2)17-33)25(34)31-19-11-13-21(14-12-19)37-8-3/h11-14,18,20,22-24,33H,6-10,15-17H2,1-5H3,(H,30,35)(H,31,34)/t18?,20-,22+,23-,24?,28-,29?/m0/s1. The molecule has 38 heavy (non-hydrogen) atoms. The van der Waals surface area contributed by atoms with Crippen molar-refractivity contribution in [1.82, 2.24) is 10.2 Å². The maximum atomic E-state index is 14.1. The number of hydrogen-bond acceptors (Lipinski definition) is 6. The van der Waals surface area contributed by atoms with Gasteiger partial charge < -0.3 is 30.1 Å². The molecule has 0 aliphatic carbocycles. The Morgan fingerprint density at radius 2 is 1.89 bits per heavy atom. The van der Waals surface area contributed by atoms with Crippen LogP contribution in [-0.2, 0) is 19.1 Å². The van der Waals surface area contributed by atoms with Crippen molar-refractivity contribution in [3.05, 3.63) is 24.3 Å². The Kier molecular flexibility index (Phi) is 8.37. The molecule has 3 heterocycles. The van der Waals surface area contributed by atoms with E-state index in [1.165, 1.54) is 4.90 Å². The third kappa shape index (κ3) is 4.57. The fourth-order valence-electron chi connectivity index (χ4n) is 6.89. The third-order valence-corrected chi connectivity index (χ3v) is 8.87. The van der Waals surface area contributed by atoms with Gasteiger partial charge in [-0.2, -0.15) is 0 Å². The monoisotopic (exact) mass is 529 g/mol. The van der Waals surface area contributed by atoms with Crippen LogP contribution in [0.15, 0.2) is 24.3 Å². The van der Waals surface area contributed by atoms with Crippen molar-refractivity contribution in [1.29, 1.82) is 0 Å². The van der Waals surface area contributed by atoms with Crippen LogP contribution in [0.1, 0.15) is 66.7 Å². The van der Waals surface area contributed by atoms with Crippen molar-refractivity contribution < 1.29 is 29.0 Å². The second-order valence-corrected chi connectivity index (χ2v) is 11.1. The van der Waals surface area contributed by atoms with E-state index in [0.29, 0.717) is 37.4 Å². The summed E-state index contributed by atoms with van der Waals surface area (Å²) in [6, 6.07) is 5.69. The highest BCUT2D eigenvalue weighted by Crippen LogP contribution is 2.65. The predicted octanol–water partition coefficient (Wildman–Crippen LogP) is 3.11. The average Bonchev–Trinajstić information content (AvgIpc) is 3.41. The van der Waals surface area contributed by atoms with Crippen LogP contribution in [0.5, 0.6) is 5.75 Å². The Morgan fingerprint density at radius 3 is 2.50 bits per heavy atom. The third-order valence-electron chi connectivity index (χ3n) is 8.87. The number of nitrogens with zero attached hydrogens (tertiary/aromatic N) is 1. The van der Waals surface area contributed by atoms with Crippen molar-refractivity contribution in [3.8, 4) is 5.75 Å². The molecule has 0 aromatic heterocycles. The lowest BCUT2D eigenvalue weighted by molar-refractivity contribution is -0.149. The molecule has 1 aromatic carbocycles. The normalized spacial score (nSPS) is 32.3. The first kappa shape index (κ1) is 28.4. The van der Waals surface area contributed by atoms with Crippen LogP contribution in [0, 0.1) is 17.8 Å². The van der Waals surface area contributed by atoms with Gasteiger partial charge in [-0.3, -0.25) is 14.4 Å². The summed E-state index contributed by atoms with van der Waals surface area (Å²) in [7, 11) is 0. The molecule has 9 heteroatoms. The summed E-state index contributed by atoms with van der Waals surface area (Å²) in [5.74, 6) is -1.79. The number of anilines is 1. The number of fused-ring (bicyclic) bond motifs is 1. The highest BCUT2D eigenvalue weighted by molar-refractivity contribution is 6.02. The molecule has 3 unspecified atom stereocenters. The lowest BCUT2D eigenvalue weighted by Crippen LogP contribution is -2.58. The zero-order chi connectivity index (χ0) is 27.7. The number of nitrogens with one attached hydrogen (secondary N) is 2. The minimum atomic E-state index is -1.12. The number of ether oxygens (including phenoxy) is 2. The van der Waals surface area contributed by atoms with Gasteiger partial charge in [0.15, 0.2) is 0 Å². The van der Waals surface area contributed by atoms with Gasteiger partial charge >= 0.3 is 0 Å². The van der Waals surface area contributed by atoms with Crippen molar-refractivity contribution >= 4 is 23.4 Å². The number of carbonyl (C=O) groups excluding carboxylic acids is 3. The van der Waals surface area contributed by atoms with Gasteiger partial charge in [-0.15, -0.1) is 0 Å². The lowest BCUT2D eigenvalue weighted by Gasteiger charge is -2.36. The molecule has 3 aliphatic heterocycles. The Balaban J connectivity index is 1.67. The first-order valence-corrected chi connectivity index (χ1v) is 14.1. The van der Waals surface area contributed by atoms with Gasteiger partial charge in [0, 0.05) is 12.2 Å². The number of rotatable bonds is 12. The van der Waals surface area contributed by atoms with E-state index >= 15 is 0 Å². The number of benzene rings is 1. The molecule has 0 saturated carbocycles. The molecule has 0 radical (unpaired) electrons. The molecule has 3 fully saturated rings. The van der Waals surface area contributed by atoms with E-state index in [1.54, 1.807) is 24.3 Å². The van der Waals surface area contributed by atoms with E-state index in [0.717, 1.165) is 19.3 Å². The molecule has 3 saturated heterocycles. The Hall–Kier alpha value is -2.65. The molecule has 210 valence electrons. The van der Waals surface area contributed by atoms with Crippen LogP contribution in [0.4, 0.5) is 5.69 Å². The molecule has 3 aliphatic rings. The molecular formula is C29H43N3O6. The molecule has 1 spiro atoms. The number of unbranched alkanes of at least 4 members (excludes halogenated alkanes) is 2. The largest absolute Gasteiger partial charge is 0.494 e. The zero-order valence-electron chi connectivity index (χ0n) is 23.3. The number of likely N-dealkylation sites (tertiary alicyclic amines) is 1. The number of hydrogen-bond donors (Lipinski definition) is 3. The smallest absolute Gasteiger partial charge is 0.245 e. The molecule has 2 bridgehead atoms. The molecule has 4 rings (SSSR count). The number of amides is 3. The van der Waals surface area contributed by atoms with Crippen molar-refractivity contribution in [2.45, 2.75) is 90.0 Å². The summed E-state index contributed by atoms with van der Waals surface area (Å²) >= 11 is 0. The molecular weight excluding hydrogens is 486 g/mol. The van der Waals surface area contributed by atoms with E-state index in [-0.39, 0.29) is 30.2 Å². The molecule has 3 N–H and O–H groups in total. The molecule has 3 amide bonds. The van der Waals surface area contributed by atoms with E-state index < -0.39 is 35.1 Å². The summed E-state index contributed by atoms with van der Waals surface area (Å²) in [5.41, 5.74) is -1.42. The topological polar surface area (TPSA) is 117 Å². The van der Waals surface area contributed by atoms with Crippen LogP contribution < -0.4 is 15.4 Å². The van der Waals surface area contributed by atoms with Crippen molar-refractivity contribution in [3.63, 3.8) is 0 Å². The van der Waals surface area contributed by atoms with Crippen molar-refractivity contribution in [2.75, 3.05) is 25.1 Å². The minimum Gasteiger partial charge on any atom is -0.494 e. The fraction of sp³-hybridized carbons (Fsp3) is 0.690. The second-order valence-electron chi connectivity index (χ2n) is 11.1. The first-order chi connectivity index (χ1) is 18.2. The highest BCUT2D eigenvalue weighted by Gasteiger charge is 2.80. The van der Waals surface area contributed by atoms with Gasteiger partial charge in [0.1, 0.15) is 17.4 Å². The van der Waals surface area contributed by atoms with Gasteiger partial charge in [0.05, 0.1) is 36.7 Å². The van der Waals surface area contributed by atoms with E-state index in [1.807, 2.05) is 27.7 Å². The molecule has 9 nitrogen and oxygen atoms in total. The van der Waals surface area contributed by atoms with Crippen LogP contribution in [0.25, 0.3) is 0 Å². The maximum Gasteiger partial charge on any atom is 0.245 e. The van der Waals surface area contributed by atoms with Crippen LogP contribution in [0.3, 0.4) is 0 Å². The predicted molar refractivity (Wildman–Crippen MR) is 144 cm³/mol. The van der Waals surface area contributed by atoms with E-state index in [4.69, 9.17) is 9.47 Å². The number of aliphatic hydroxyl groups is 1. The Bertz CT molecular complexity index is 1030. The quantitative estimate of drug-likeness (QED) is 0.358. The summed E-state index contributed by atoms with van der Waals surface area (Å²) in [4.78, 5) is 43.2. The molecule has 7 atom stereocenters. The maximum absolute atomic E-state index is 14.1. The van der Waals surface area contributed by atoms with E-state index in [9.17, 15) is 19.5 Å². The zero-order valence-corrected chi connectivity index (χ0v) is 23.3. The Labute approximate surface area is 225 Å². The average molecular weight is 530 g/mol. The Morgan fingerprint density at radius 1 is 1.18 bits per heavy atom.